The largest absolute Gasteiger partial charge is 0.301 e. The normalized spacial score (nSPS) is 10.5. The summed E-state index contributed by atoms with van der Waals surface area (Å²) in [5.41, 5.74) is 1.95. The van der Waals surface area contributed by atoms with Gasteiger partial charge in [0.15, 0.2) is 0 Å². The van der Waals surface area contributed by atoms with Gasteiger partial charge in [-0.05, 0) is 18.6 Å². The van der Waals surface area contributed by atoms with E-state index in [-0.39, 0.29) is 17.1 Å². The van der Waals surface area contributed by atoms with Crippen LogP contribution in [0.25, 0.3) is 16.8 Å². The molecule has 0 amide bonds. The van der Waals surface area contributed by atoms with Crippen molar-refractivity contribution in [2.75, 3.05) is 0 Å². The van der Waals surface area contributed by atoms with Crippen molar-refractivity contribution in [2.24, 2.45) is 0 Å². The summed E-state index contributed by atoms with van der Waals surface area (Å²) in [4.78, 5) is 20.8. The van der Waals surface area contributed by atoms with Gasteiger partial charge in [0.1, 0.15) is 5.69 Å². The molecular weight excluding hydrogens is 312 g/mol. The van der Waals surface area contributed by atoms with E-state index in [1.807, 2.05) is 30.3 Å². The lowest BCUT2D eigenvalue weighted by molar-refractivity contribution is -0.394. The van der Waals surface area contributed by atoms with Crippen molar-refractivity contribution in [3.63, 3.8) is 0 Å². The summed E-state index contributed by atoms with van der Waals surface area (Å²) in [6, 6.07) is 13.0. The third-order valence-corrected chi connectivity index (χ3v) is 3.60. The molecule has 3 aromatic rings. The van der Waals surface area contributed by atoms with E-state index in [1.54, 1.807) is 13.1 Å². The number of rotatable bonds is 4. The zero-order chi connectivity index (χ0) is 17.3. The van der Waals surface area contributed by atoms with Gasteiger partial charge >= 0.3 is 5.69 Å². The summed E-state index contributed by atoms with van der Waals surface area (Å²) in [5, 5.41) is 26.4. The molecule has 0 saturated heterocycles. The third-order valence-electron chi connectivity index (χ3n) is 3.60. The van der Waals surface area contributed by atoms with Crippen molar-refractivity contribution in [2.45, 2.75) is 6.92 Å². The Bertz CT molecular complexity index is 935. The highest BCUT2D eigenvalue weighted by Gasteiger charge is 2.22. The lowest BCUT2D eigenvalue weighted by Gasteiger charge is -2.02. The molecule has 0 N–H and O–H groups in total. The van der Waals surface area contributed by atoms with Gasteiger partial charge in [-0.2, -0.15) is 5.10 Å². The highest BCUT2D eigenvalue weighted by atomic mass is 16.6. The molecule has 0 saturated carbocycles. The summed E-state index contributed by atoms with van der Waals surface area (Å²) in [5.74, 6) is 0. The molecule has 0 atom stereocenters. The summed E-state index contributed by atoms with van der Waals surface area (Å²) in [7, 11) is 0. The second-order valence-corrected chi connectivity index (χ2v) is 5.13. The van der Waals surface area contributed by atoms with E-state index in [9.17, 15) is 20.2 Å². The molecule has 0 aliphatic heterocycles. The summed E-state index contributed by atoms with van der Waals surface area (Å²) < 4.78 is 1.37. The molecule has 8 heteroatoms. The van der Waals surface area contributed by atoms with Gasteiger partial charge in [0, 0.05) is 17.8 Å². The van der Waals surface area contributed by atoms with Gasteiger partial charge < -0.3 is 0 Å². The van der Waals surface area contributed by atoms with Crippen LogP contribution in [0.4, 0.5) is 11.4 Å². The van der Waals surface area contributed by atoms with E-state index in [0.29, 0.717) is 5.69 Å². The number of benzene rings is 2. The highest BCUT2D eigenvalue weighted by Crippen LogP contribution is 2.30. The van der Waals surface area contributed by atoms with E-state index in [2.05, 4.69) is 5.10 Å². The van der Waals surface area contributed by atoms with Gasteiger partial charge in [-0.1, -0.05) is 30.3 Å². The van der Waals surface area contributed by atoms with Gasteiger partial charge in [-0.15, -0.1) is 0 Å². The minimum absolute atomic E-state index is 0.177. The Morgan fingerprint density at radius 3 is 2.33 bits per heavy atom. The highest BCUT2D eigenvalue weighted by molar-refractivity contribution is 5.66. The zero-order valence-electron chi connectivity index (χ0n) is 12.6. The Balaban J connectivity index is 2.13. The summed E-state index contributed by atoms with van der Waals surface area (Å²) in [6.07, 6.45) is 1.68. The molecule has 0 aliphatic rings. The number of nitrogens with zero attached hydrogens (tertiary/aromatic N) is 4. The molecule has 8 nitrogen and oxygen atoms in total. The number of nitro benzene ring substituents is 2. The number of non-ortho nitro benzene ring substituents is 1. The lowest BCUT2D eigenvalue weighted by atomic mass is 10.1. The predicted octanol–water partition coefficient (Wildman–Crippen LogP) is 3.66. The first-order chi connectivity index (χ1) is 11.5. The van der Waals surface area contributed by atoms with Gasteiger partial charge in [-0.3, -0.25) is 20.2 Å². The first kappa shape index (κ1) is 15.3. The molecule has 1 aromatic heterocycles. The quantitative estimate of drug-likeness (QED) is 0.538. The molecule has 0 bridgehead atoms. The van der Waals surface area contributed by atoms with E-state index >= 15 is 0 Å². The Labute approximate surface area is 136 Å². The van der Waals surface area contributed by atoms with Crippen LogP contribution in [0.1, 0.15) is 5.69 Å². The van der Waals surface area contributed by atoms with Crippen molar-refractivity contribution in [3.05, 3.63) is 80.7 Å². The second kappa shape index (κ2) is 5.92. The third kappa shape index (κ3) is 2.72. The fraction of sp³-hybridized carbons (Fsp3) is 0.0625. The number of aryl methyl sites for hydroxylation is 1. The lowest BCUT2D eigenvalue weighted by Crippen LogP contribution is -2.02. The topological polar surface area (TPSA) is 104 Å². The standard InChI is InChI=1S/C16H12N4O4/c1-11-14(12-5-3-2-4-6-12)10-18(17-11)15-8-7-13(19(21)22)9-16(15)20(23)24/h2-10H,1H3. The summed E-state index contributed by atoms with van der Waals surface area (Å²) in [6.45, 7) is 1.80. The van der Waals surface area contributed by atoms with Crippen molar-refractivity contribution in [1.82, 2.24) is 9.78 Å². The fourth-order valence-corrected chi connectivity index (χ4v) is 2.45. The number of nitro groups is 2. The molecule has 0 aliphatic carbocycles. The molecule has 3 rings (SSSR count). The SMILES string of the molecule is Cc1nn(-c2ccc([N+](=O)[O-])cc2[N+](=O)[O-])cc1-c1ccccc1. The molecular formula is C16H12N4O4. The molecule has 120 valence electrons. The van der Waals surface area contributed by atoms with Crippen molar-refractivity contribution in [3.8, 4) is 16.8 Å². The van der Waals surface area contributed by atoms with Crippen LogP contribution in [0.5, 0.6) is 0 Å². The molecule has 0 fully saturated rings. The first-order valence-corrected chi connectivity index (χ1v) is 7.02. The summed E-state index contributed by atoms with van der Waals surface area (Å²) >= 11 is 0. The molecule has 0 spiro atoms. The van der Waals surface area contributed by atoms with Crippen LogP contribution in [0.2, 0.25) is 0 Å². The maximum absolute atomic E-state index is 11.3. The van der Waals surface area contributed by atoms with E-state index < -0.39 is 9.85 Å². The van der Waals surface area contributed by atoms with E-state index in [1.165, 1.54) is 16.8 Å². The van der Waals surface area contributed by atoms with Crippen molar-refractivity contribution >= 4 is 11.4 Å². The fourth-order valence-electron chi connectivity index (χ4n) is 2.45. The van der Waals surface area contributed by atoms with Crippen LogP contribution in [0, 0.1) is 27.2 Å². The number of aromatic nitrogens is 2. The van der Waals surface area contributed by atoms with Crippen LogP contribution in [-0.4, -0.2) is 19.6 Å². The van der Waals surface area contributed by atoms with Gasteiger partial charge in [-0.25, -0.2) is 4.68 Å². The van der Waals surface area contributed by atoms with Crippen LogP contribution in [0.3, 0.4) is 0 Å². The van der Waals surface area contributed by atoms with Crippen molar-refractivity contribution < 1.29 is 9.85 Å². The van der Waals surface area contributed by atoms with Gasteiger partial charge in [0.2, 0.25) is 0 Å². The molecule has 1 heterocycles. The van der Waals surface area contributed by atoms with Crippen LogP contribution in [0.15, 0.2) is 54.7 Å². The maximum Gasteiger partial charge on any atom is 0.301 e. The molecule has 2 aromatic carbocycles. The average Bonchev–Trinajstić information content (AvgIpc) is 2.96. The predicted molar refractivity (Wildman–Crippen MR) is 87.0 cm³/mol. The minimum Gasteiger partial charge on any atom is -0.258 e. The first-order valence-electron chi connectivity index (χ1n) is 7.02. The van der Waals surface area contributed by atoms with Crippen molar-refractivity contribution in [1.29, 1.82) is 0 Å². The van der Waals surface area contributed by atoms with Gasteiger partial charge in [0.25, 0.3) is 5.69 Å². The Kier molecular flexibility index (Phi) is 3.78. The smallest absolute Gasteiger partial charge is 0.258 e. The second-order valence-electron chi connectivity index (χ2n) is 5.13. The number of hydrogen-bond donors (Lipinski definition) is 0. The zero-order valence-corrected chi connectivity index (χ0v) is 12.6. The molecule has 0 unspecified atom stereocenters. The maximum atomic E-state index is 11.3. The Morgan fingerprint density at radius 2 is 1.71 bits per heavy atom. The van der Waals surface area contributed by atoms with E-state index in [0.717, 1.165) is 17.2 Å². The monoisotopic (exact) mass is 324 g/mol. The molecule has 0 radical (unpaired) electrons. The number of hydrogen-bond acceptors (Lipinski definition) is 5. The minimum atomic E-state index is -0.666. The van der Waals surface area contributed by atoms with Crippen LogP contribution < -0.4 is 0 Å². The Hall–Kier alpha value is -3.55. The van der Waals surface area contributed by atoms with Gasteiger partial charge in [0.05, 0.1) is 21.6 Å². The Morgan fingerprint density at radius 1 is 1.00 bits per heavy atom. The average molecular weight is 324 g/mol. The van der Waals surface area contributed by atoms with Crippen LogP contribution in [-0.2, 0) is 0 Å². The molecule has 24 heavy (non-hydrogen) atoms. The van der Waals surface area contributed by atoms with Crippen LogP contribution >= 0.6 is 0 Å². The van der Waals surface area contributed by atoms with E-state index in [4.69, 9.17) is 0 Å².